The summed E-state index contributed by atoms with van der Waals surface area (Å²) in [6.45, 7) is 7.58. The van der Waals surface area contributed by atoms with Crippen molar-refractivity contribution in [1.82, 2.24) is 30.0 Å². The van der Waals surface area contributed by atoms with Crippen LogP contribution >= 0.6 is 0 Å². The minimum atomic E-state index is -0.491. The Morgan fingerprint density at radius 1 is 1.06 bits per heavy atom. The van der Waals surface area contributed by atoms with Gasteiger partial charge in [0.1, 0.15) is 5.60 Å². The average Bonchev–Trinajstić information content (AvgIpc) is 3.35. The zero-order valence-electron chi connectivity index (χ0n) is 21.4. The normalized spacial score (nSPS) is 14.7. The second-order valence-corrected chi connectivity index (χ2v) is 10.3. The van der Waals surface area contributed by atoms with Crippen molar-refractivity contribution >= 4 is 23.0 Å². The first-order valence-electron chi connectivity index (χ1n) is 12.8. The highest BCUT2D eigenvalue weighted by atomic mass is 16.6. The number of alkyl carbamates (subject to hydrolysis) is 1. The number of benzene rings is 1. The molecule has 0 spiro atoms. The number of hydrogen-bond acceptors (Lipinski definition) is 6. The van der Waals surface area contributed by atoms with Gasteiger partial charge in [-0.25, -0.2) is 9.78 Å². The number of para-hydroxylation sites is 2. The summed E-state index contributed by atoms with van der Waals surface area (Å²) in [6.07, 6.45) is 10.1. The lowest BCUT2D eigenvalue weighted by atomic mass is 10.0. The van der Waals surface area contributed by atoms with Crippen molar-refractivity contribution in [3.63, 3.8) is 0 Å². The fourth-order valence-electron chi connectivity index (χ4n) is 4.39. The molecule has 0 bridgehead atoms. The monoisotopic (exact) mass is 492 g/mol. The van der Waals surface area contributed by atoms with Crippen molar-refractivity contribution in [2.45, 2.75) is 70.9 Å². The molecule has 1 saturated heterocycles. The molecule has 4 rings (SSSR count). The Bertz CT molecular complexity index is 1180. The quantitative estimate of drug-likeness (QED) is 0.456. The third-order valence-electron chi connectivity index (χ3n) is 6.27. The topological polar surface area (TPSA) is 102 Å². The Hall–Kier alpha value is -3.49. The standard InChI is InChI=1S/C27H36N6O3/c1-27(2,3)36-26(35)28-14-8-4-5-11-25(34)32-15-12-21(13-16-32)33-19-20(17-30-33)24-18-29-22-9-6-7-10-23(22)31-24/h6-7,9-10,17-19,21H,4-5,8,11-16H2,1-3H3,(H,28,35). The summed E-state index contributed by atoms with van der Waals surface area (Å²) in [5.74, 6) is 0.209. The molecule has 0 atom stereocenters. The van der Waals surface area contributed by atoms with Gasteiger partial charge >= 0.3 is 6.09 Å². The van der Waals surface area contributed by atoms with E-state index in [1.807, 2.05) is 67.0 Å². The predicted molar refractivity (Wildman–Crippen MR) is 138 cm³/mol. The van der Waals surface area contributed by atoms with Crippen molar-refractivity contribution in [2.75, 3.05) is 19.6 Å². The zero-order chi connectivity index (χ0) is 25.5. The van der Waals surface area contributed by atoms with Gasteiger partial charge in [0, 0.05) is 37.8 Å². The zero-order valence-corrected chi connectivity index (χ0v) is 21.4. The Labute approximate surface area is 212 Å². The highest BCUT2D eigenvalue weighted by molar-refractivity contribution is 5.77. The first kappa shape index (κ1) is 25.6. The van der Waals surface area contributed by atoms with E-state index in [4.69, 9.17) is 9.72 Å². The van der Waals surface area contributed by atoms with Crippen molar-refractivity contribution in [3.8, 4) is 11.3 Å². The van der Waals surface area contributed by atoms with Gasteiger partial charge in [0.15, 0.2) is 0 Å². The first-order chi connectivity index (χ1) is 17.3. The molecule has 36 heavy (non-hydrogen) atoms. The molecule has 0 aliphatic carbocycles. The molecule has 9 heteroatoms. The number of piperidine rings is 1. The van der Waals surface area contributed by atoms with E-state index in [0.29, 0.717) is 13.0 Å². The van der Waals surface area contributed by atoms with Gasteiger partial charge in [0.2, 0.25) is 5.91 Å². The Kier molecular flexibility index (Phi) is 8.18. The largest absolute Gasteiger partial charge is 0.444 e. The van der Waals surface area contributed by atoms with Crippen LogP contribution in [0.3, 0.4) is 0 Å². The molecule has 1 aromatic carbocycles. The van der Waals surface area contributed by atoms with Crippen LogP contribution in [0.5, 0.6) is 0 Å². The molecule has 2 amide bonds. The molecule has 192 valence electrons. The number of ether oxygens (including phenoxy) is 1. The lowest BCUT2D eigenvalue weighted by Gasteiger charge is -2.32. The molecule has 0 saturated carbocycles. The van der Waals surface area contributed by atoms with Crippen LogP contribution in [0.2, 0.25) is 0 Å². The molecule has 0 radical (unpaired) electrons. The van der Waals surface area contributed by atoms with Crippen molar-refractivity contribution < 1.29 is 14.3 Å². The summed E-state index contributed by atoms with van der Waals surface area (Å²) in [5.41, 5.74) is 3.02. The van der Waals surface area contributed by atoms with Gasteiger partial charge < -0.3 is 15.0 Å². The van der Waals surface area contributed by atoms with E-state index in [-0.39, 0.29) is 11.9 Å². The van der Waals surface area contributed by atoms with Gasteiger partial charge in [-0.2, -0.15) is 5.10 Å². The second-order valence-electron chi connectivity index (χ2n) is 10.3. The molecule has 9 nitrogen and oxygen atoms in total. The smallest absolute Gasteiger partial charge is 0.407 e. The Morgan fingerprint density at radius 3 is 2.56 bits per heavy atom. The average molecular weight is 493 g/mol. The highest BCUT2D eigenvalue weighted by Gasteiger charge is 2.24. The highest BCUT2D eigenvalue weighted by Crippen LogP contribution is 2.26. The number of aromatic nitrogens is 4. The number of carbonyl (C=O) groups is 2. The molecule has 3 aromatic rings. The van der Waals surface area contributed by atoms with Crippen LogP contribution in [-0.4, -0.2) is 61.9 Å². The Morgan fingerprint density at radius 2 is 1.81 bits per heavy atom. The van der Waals surface area contributed by atoms with Crippen molar-refractivity contribution in [2.24, 2.45) is 0 Å². The minimum absolute atomic E-state index is 0.209. The van der Waals surface area contributed by atoms with Crippen molar-refractivity contribution in [3.05, 3.63) is 42.9 Å². The molecule has 0 unspecified atom stereocenters. The summed E-state index contributed by atoms with van der Waals surface area (Å²) >= 11 is 0. The molecular weight excluding hydrogens is 456 g/mol. The number of hydrogen-bond donors (Lipinski definition) is 1. The van der Waals surface area contributed by atoms with E-state index in [9.17, 15) is 9.59 Å². The molecule has 1 N–H and O–H groups in total. The summed E-state index contributed by atoms with van der Waals surface area (Å²) in [4.78, 5) is 35.5. The van der Waals surface area contributed by atoms with E-state index in [1.165, 1.54) is 0 Å². The van der Waals surface area contributed by atoms with E-state index in [1.54, 1.807) is 6.20 Å². The van der Waals surface area contributed by atoms with Gasteiger partial charge in [-0.15, -0.1) is 0 Å². The van der Waals surface area contributed by atoms with Crippen LogP contribution in [-0.2, 0) is 9.53 Å². The summed E-state index contributed by atoms with van der Waals surface area (Å²) in [5, 5.41) is 7.34. The first-order valence-corrected chi connectivity index (χ1v) is 12.8. The predicted octanol–water partition coefficient (Wildman–Crippen LogP) is 4.74. The maximum absolute atomic E-state index is 12.6. The number of amides is 2. The Balaban J connectivity index is 1.17. The molecule has 1 fully saturated rings. The number of nitrogens with zero attached hydrogens (tertiary/aromatic N) is 5. The summed E-state index contributed by atoms with van der Waals surface area (Å²) in [7, 11) is 0. The van der Waals surface area contributed by atoms with Crippen LogP contribution in [0.4, 0.5) is 4.79 Å². The number of nitrogens with one attached hydrogen (secondary N) is 1. The SMILES string of the molecule is CC(C)(C)OC(=O)NCCCCCC(=O)N1CCC(n2cc(-c3cnc4ccccc4n3)cn2)CC1. The number of unbranched alkanes of at least 4 members (excludes halogenated alkanes) is 2. The third-order valence-corrected chi connectivity index (χ3v) is 6.27. The van der Waals surface area contributed by atoms with Crippen LogP contribution in [0.1, 0.15) is 65.3 Å². The maximum atomic E-state index is 12.6. The van der Waals surface area contributed by atoms with Gasteiger partial charge in [0.25, 0.3) is 0 Å². The summed E-state index contributed by atoms with van der Waals surface area (Å²) in [6, 6.07) is 8.11. The minimum Gasteiger partial charge on any atom is -0.444 e. The maximum Gasteiger partial charge on any atom is 0.407 e. The van der Waals surface area contributed by atoms with Gasteiger partial charge in [-0.05, 0) is 58.6 Å². The fraction of sp³-hybridized carbons (Fsp3) is 0.519. The van der Waals surface area contributed by atoms with E-state index < -0.39 is 11.7 Å². The van der Waals surface area contributed by atoms with Gasteiger partial charge in [-0.3, -0.25) is 14.5 Å². The number of carbonyl (C=O) groups excluding carboxylic acids is 2. The lowest BCUT2D eigenvalue weighted by molar-refractivity contribution is -0.132. The van der Waals surface area contributed by atoms with Gasteiger partial charge in [-0.1, -0.05) is 18.6 Å². The molecule has 3 heterocycles. The van der Waals surface area contributed by atoms with Crippen LogP contribution < -0.4 is 5.32 Å². The number of likely N-dealkylation sites (tertiary alicyclic amines) is 1. The molecular formula is C27H36N6O3. The lowest BCUT2D eigenvalue weighted by Crippen LogP contribution is -2.39. The van der Waals surface area contributed by atoms with Crippen molar-refractivity contribution in [1.29, 1.82) is 0 Å². The molecule has 1 aliphatic heterocycles. The molecule has 1 aliphatic rings. The van der Waals surface area contributed by atoms with Gasteiger partial charge in [0.05, 0.1) is 35.2 Å². The third kappa shape index (κ3) is 7.02. The van der Waals surface area contributed by atoms with E-state index in [0.717, 1.165) is 67.5 Å². The van der Waals surface area contributed by atoms with E-state index in [2.05, 4.69) is 15.4 Å². The fourth-order valence-corrected chi connectivity index (χ4v) is 4.39. The second kappa shape index (κ2) is 11.5. The van der Waals surface area contributed by atoms with E-state index >= 15 is 0 Å². The van der Waals surface area contributed by atoms with Crippen LogP contribution in [0.25, 0.3) is 22.3 Å². The van der Waals surface area contributed by atoms with Crippen LogP contribution in [0.15, 0.2) is 42.9 Å². The number of fused-ring (bicyclic) bond motifs is 1. The van der Waals surface area contributed by atoms with Crippen LogP contribution in [0, 0.1) is 0 Å². The molecule has 2 aromatic heterocycles. The summed E-state index contributed by atoms with van der Waals surface area (Å²) < 4.78 is 7.22. The number of rotatable bonds is 8.